The second-order valence-corrected chi connectivity index (χ2v) is 5.61. The largest absolute Gasteiger partial charge is 0.379 e. The number of hydrogen-bond donors (Lipinski definition) is 0. The monoisotopic (exact) mass is 276 g/mol. The van der Waals surface area contributed by atoms with E-state index in [1.54, 1.807) is 6.20 Å². The summed E-state index contributed by atoms with van der Waals surface area (Å²) >= 11 is 0. The van der Waals surface area contributed by atoms with Crippen LogP contribution in [0.3, 0.4) is 0 Å². The number of amides is 1. The highest BCUT2D eigenvalue weighted by Gasteiger charge is 2.45. The minimum atomic E-state index is -0.243. The Morgan fingerprint density at radius 1 is 1.35 bits per heavy atom. The van der Waals surface area contributed by atoms with E-state index in [0.29, 0.717) is 39.4 Å². The number of pyridine rings is 1. The molecule has 2 aliphatic rings. The van der Waals surface area contributed by atoms with Gasteiger partial charge in [-0.25, -0.2) is 0 Å². The van der Waals surface area contributed by atoms with E-state index >= 15 is 0 Å². The van der Waals surface area contributed by atoms with E-state index in [9.17, 15) is 4.79 Å². The Labute approximate surface area is 118 Å². The number of rotatable bonds is 2. The van der Waals surface area contributed by atoms with Crippen molar-refractivity contribution < 1.29 is 14.3 Å². The van der Waals surface area contributed by atoms with Gasteiger partial charge < -0.3 is 14.4 Å². The van der Waals surface area contributed by atoms with E-state index in [1.165, 1.54) is 0 Å². The van der Waals surface area contributed by atoms with E-state index in [2.05, 4.69) is 4.98 Å². The fourth-order valence-corrected chi connectivity index (χ4v) is 2.92. The first-order valence-electron chi connectivity index (χ1n) is 7.07. The number of ether oxygens (including phenoxy) is 2. The summed E-state index contributed by atoms with van der Waals surface area (Å²) in [7, 11) is 0. The lowest BCUT2D eigenvalue weighted by Crippen LogP contribution is -2.60. The van der Waals surface area contributed by atoms with Crippen molar-refractivity contribution in [2.45, 2.75) is 25.3 Å². The Hall–Kier alpha value is -1.46. The molecule has 0 bridgehead atoms. The predicted molar refractivity (Wildman–Crippen MR) is 73.4 cm³/mol. The lowest BCUT2D eigenvalue weighted by Gasteiger charge is -2.43. The fourth-order valence-electron chi connectivity index (χ4n) is 2.92. The molecule has 2 aliphatic heterocycles. The molecule has 1 atom stereocenters. The summed E-state index contributed by atoms with van der Waals surface area (Å²) in [6.45, 7) is 5.09. The molecule has 3 rings (SSSR count). The molecule has 0 aliphatic carbocycles. The van der Waals surface area contributed by atoms with Gasteiger partial charge in [0.15, 0.2) is 0 Å². The normalized spacial score (nSPS) is 26.1. The zero-order valence-corrected chi connectivity index (χ0v) is 11.8. The minimum absolute atomic E-state index is 0.143. The molecule has 5 heteroatoms. The number of morpholine rings is 1. The molecule has 2 fully saturated rings. The van der Waals surface area contributed by atoms with E-state index < -0.39 is 0 Å². The Morgan fingerprint density at radius 3 is 2.85 bits per heavy atom. The third-order valence-electron chi connectivity index (χ3n) is 4.11. The van der Waals surface area contributed by atoms with Gasteiger partial charge in [0.05, 0.1) is 31.8 Å². The van der Waals surface area contributed by atoms with Crippen molar-refractivity contribution in [1.29, 1.82) is 0 Å². The number of hydrogen-bond acceptors (Lipinski definition) is 4. The minimum Gasteiger partial charge on any atom is -0.379 e. The average Bonchev–Trinajstić information content (AvgIpc) is 2.90. The van der Waals surface area contributed by atoms with Crippen molar-refractivity contribution in [3.63, 3.8) is 0 Å². The van der Waals surface area contributed by atoms with Gasteiger partial charge in [-0.1, -0.05) is 6.07 Å². The molecule has 0 saturated carbocycles. The van der Waals surface area contributed by atoms with Gasteiger partial charge in [0.25, 0.3) is 0 Å². The first-order chi connectivity index (χ1) is 9.70. The summed E-state index contributed by atoms with van der Waals surface area (Å²) < 4.78 is 11.1. The first kappa shape index (κ1) is 13.5. The third-order valence-corrected chi connectivity index (χ3v) is 4.11. The summed E-state index contributed by atoms with van der Waals surface area (Å²) in [6.07, 6.45) is 3.05. The highest BCUT2D eigenvalue weighted by atomic mass is 16.5. The fraction of sp³-hybridized carbons (Fsp3) is 0.600. The topological polar surface area (TPSA) is 51.7 Å². The SMILES string of the molecule is Cc1ccc(CC(=O)N2CCOC[C@@]23CCOC3)cn1. The van der Waals surface area contributed by atoms with Gasteiger partial charge in [-0.3, -0.25) is 9.78 Å². The molecule has 1 amide bonds. The molecule has 0 radical (unpaired) electrons. The zero-order chi connectivity index (χ0) is 14.0. The van der Waals surface area contributed by atoms with E-state index in [1.807, 2.05) is 24.0 Å². The standard InChI is InChI=1S/C15H20N2O3/c1-12-2-3-13(9-16-12)8-14(18)17-5-7-20-11-15(17)4-6-19-10-15/h2-3,9H,4-8,10-11H2,1H3/t15-/m0/s1. The van der Waals surface area contributed by atoms with E-state index in [0.717, 1.165) is 17.7 Å². The number of aromatic nitrogens is 1. The van der Waals surface area contributed by atoms with Crippen molar-refractivity contribution in [1.82, 2.24) is 9.88 Å². The number of nitrogens with zero attached hydrogens (tertiary/aromatic N) is 2. The van der Waals surface area contributed by atoms with Crippen LogP contribution < -0.4 is 0 Å². The summed E-state index contributed by atoms with van der Waals surface area (Å²) in [5, 5.41) is 0. The zero-order valence-electron chi connectivity index (χ0n) is 11.8. The average molecular weight is 276 g/mol. The second-order valence-electron chi connectivity index (χ2n) is 5.61. The molecule has 108 valence electrons. The third kappa shape index (κ3) is 2.55. The van der Waals surface area contributed by atoms with Crippen LogP contribution in [-0.2, 0) is 20.7 Å². The molecule has 2 saturated heterocycles. The predicted octanol–water partition coefficient (Wildman–Crippen LogP) is 0.950. The molecular weight excluding hydrogens is 256 g/mol. The lowest BCUT2D eigenvalue weighted by molar-refractivity contribution is -0.148. The van der Waals surface area contributed by atoms with E-state index in [-0.39, 0.29) is 11.4 Å². The van der Waals surface area contributed by atoms with Crippen molar-refractivity contribution >= 4 is 5.91 Å². The molecule has 20 heavy (non-hydrogen) atoms. The smallest absolute Gasteiger partial charge is 0.227 e. The van der Waals surface area contributed by atoms with Crippen molar-refractivity contribution in [2.24, 2.45) is 0 Å². The molecule has 1 aromatic heterocycles. The van der Waals surface area contributed by atoms with E-state index in [4.69, 9.17) is 9.47 Å². The Morgan fingerprint density at radius 2 is 2.15 bits per heavy atom. The number of aryl methyl sites for hydroxylation is 1. The second kappa shape index (κ2) is 5.50. The summed E-state index contributed by atoms with van der Waals surface area (Å²) in [6, 6.07) is 3.91. The Balaban J connectivity index is 1.73. The first-order valence-corrected chi connectivity index (χ1v) is 7.07. The van der Waals surface area contributed by atoms with Gasteiger partial charge in [-0.15, -0.1) is 0 Å². The van der Waals surface area contributed by atoms with Crippen molar-refractivity contribution in [2.75, 3.05) is 33.0 Å². The molecule has 0 N–H and O–H groups in total. The maximum absolute atomic E-state index is 12.6. The van der Waals surface area contributed by atoms with Crippen LogP contribution in [0.2, 0.25) is 0 Å². The van der Waals surface area contributed by atoms with Gasteiger partial charge in [0.2, 0.25) is 5.91 Å². The van der Waals surface area contributed by atoms with Crippen LogP contribution in [0.1, 0.15) is 17.7 Å². The highest BCUT2D eigenvalue weighted by molar-refractivity contribution is 5.79. The van der Waals surface area contributed by atoms with Gasteiger partial charge in [-0.05, 0) is 25.0 Å². The maximum atomic E-state index is 12.6. The highest BCUT2D eigenvalue weighted by Crippen LogP contribution is 2.29. The molecule has 1 spiro atoms. The lowest BCUT2D eigenvalue weighted by atomic mass is 9.95. The van der Waals surface area contributed by atoms with Crippen LogP contribution in [0.25, 0.3) is 0 Å². The van der Waals surface area contributed by atoms with Crippen LogP contribution in [-0.4, -0.2) is 54.3 Å². The number of carbonyl (C=O) groups is 1. The Kier molecular flexibility index (Phi) is 3.72. The van der Waals surface area contributed by atoms with Crippen LogP contribution in [0.5, 0.6) is 0 Å². The van der Waals surface area contributed by atoms with Crippen LogP contribution in [0.4, 0.5) is 0 Å². The van der Waals surface area contributed by atoms with Crippen molar-refractivity contribution in [3.8, 4) is 0 Å². The van der Waals surface area contributed by atoms with Gasteiger partial charge in [-0.2, -0.15) is 0 Å². The maximum Gasteiger partial charge on any atom is 0.227 e. The molecule has 1 aromatic rings. The quantitative estimate of drug-likeness (QED) is 0.807. The van der Waals surface area contributed by atoms with Gasteiger partial charge in [0, 0.05) is 25.0 Å². The molecular formula is C15H20N2O3. The molecule has 0 aromatic carbocycles. The van der Waals surface area contributed by atoms with Crippen LogP contribution >= 0.6 is 0 Å². The van der Waals surface area contributed by atoms with Crippen LogP contribution in [0.15, 0.2) is 18.3 Å². The van der Waals surface area contributed by atoms with Crippen molar-refractivity contribution in [3.05, 3.63) is 29.6 Å². The number of carbonyl (C=O) groups excluding carboxylic acids is 1. The molecule has 0 unspecified atom stereocenters. The summed E-state index contributed by atoms with van der Waals surface area (Å²) in [5.41, 5.74) is 1.68. The van der Waals surface area contributed by atoms with Crippen LogP contribution in [0, 0.1) is 6.92 Å². The van der Waals surface area contributed by atoms with Gasteiger partial charge >= 0.3 is 0 Å². The Bertz CT molecular complexity index is 480. The van der Waals surface area contributed by atoms with Gasteiger partial charge in [0.1, 0.15) is 0 Å². The molecule has 3 heterocycles. The summed E-state index contributed by atoms with van der Waals surface area (Å²) in [4.78, 5) is 18.8. The molecule has 5 nitrogen and oxygen atoms in total. The summed E-state index contributed by atoms with van der Waals surface area (Å²) in [5.74, 6) is 0.143.